The Morgan fingerprint density at radius 2 is 2.16 bits per heavy atom. The second-order valence-corrected chi connectivity index (χ2v) is 5.84. The Hall–Kier alpha value is -1.35. The number of fused-ring (bicyclic) bond motifs is 1. The van der Waals surface area contributed by atoms with Crippen LogP contribution in [0.3, 0.4) is 0 Å². The molecule has 1 fully saturated rings. The molecular formula is C16H20FNO. The van der Waals surface area contributed by atoms with Crippen LogP contribution in [0.1, 0.15) is 38.4 Å². The predicted octanol–water partition coefficient (Wildman–Crippen LogP) is 4.06. The van der Waals surface area contributed by atoms with Crippen molar-refractivity contribution < 1.29 is 8.81 Å². The molecule has 19 heavy (non-hydrogen) atoms. The second kappa shape index (κ2) is 4.97. The molecule has 2 unspecified atom stereocenters. The van der Waals surface area contributed by atoms with Crippen LogP contribution in [0.25, 0.3) is 11.0 Å². The van der Waals surface area contributed by atoms with Gasteiger partial charge in [0.15, 0.2) is 0 Å². The molecule has 2 nitrogen and oxygen atoms in total. The van der Waals surface area contributed by atoms with Gasteiger partial charge in [-0.3, -0.25) is 0 Å². The van der Waals surface area contributed by atoms with E-state index in [0.717, 1.165) is 23.3 Å². The Bertz CT molecular complexity index is 575. The van der Waals surface area contributed by atoms with Crippen molar-refractivity contribution >= 4 is 11.0 Å². The zero-order valence-electron chi connectivity index (χ0n) is 11.4. The normalized spacial score (nSPS) is 22.9. The molecule has 1 aliphatic rings. The van der Waals surface area contributed by atoms with Crippen LogP contribution in [-0.4, -0.2) is 12.6 Å². The van der Waals surface area contributed by atoms with E-state index in [1.807, 2.05) is 6.07 Å². The van der Waals surface area contributed by atoms with Crippen LogP contribution in [0, 0.1) is 11.7 Å². The van der Waals surface area contributed by atoms with Crippen molar-refractivity contribution in [1.29, 1.82) is 0 Å². The molecule has 0 spiro atoms. The highest BCUT2D eigenvalue weighted by molar-refractivity contribution is 5.78. The van der Waals surface area contributed by atoms with Gasteiger partial charge in [-0.1, -0.05) is 13.8 Å². The minimum absolute atomic E-state index is 0.202. The molecule has 1 N–H and O–H groups in total. The summed E-state index contributed by atoms with van der Waals surface area (Å²) in [5, 5.41) is 4.36. The Morgan fingerprint density at radius 1 is 1.32 bits per heavy atom. The highest BCUT2D eigenvalue weighted by Crippen LogP contribution is 2.43. The van der Waals surface area contributed by atoms with E-state index in [0.29, 0.717) is 17.9 Å². The predicted molar refractivity (Wildman–Crippen MR) is 74.8 cm³/mol. The van der Waals surface area contributed by atoms with Gasteiger partial charge in [0.2, 0.25) is 0 Å². The third kappa shape index (κ3) is 2.52. The summed E-state index contributed by atoms with van der Waals surface area (Å²) in [4.78, 5) is 0. The van der Waals surface area contributed by atoms with Crippen LogP contribution >= 0.6 is 0 Å². The molecule has 1 saturated carbocycles. The minimum atomic E-state index is -0.202. The lowest BCUT2D eigenvalue weighted by Gasteiger charge is -2.35. The summed E-state index contributed by atoms with van der Waals surface area (Å²) in [6, 6.07) is 7.24. The largest absolute Gasteiger partial charge is 0.461 e. The fourth-order valence-corrected chi connectivity index (χ4v) is 2.79. The maximum atomic E-state index is 13.2. The molecule has 102 valence electrons. The Labute approximate surface area is 113 Å². The van der Waals surface area contributed by atoms with Gasteiger partial charge in [-0.05, 0) is 49.6 Å². The minimum Gasteiger partial charge on any atom is -0.461 e. The number of nitrogens with one attached hydrogen (secondary N) is 1. The zero-order valence-corrected chi connectivity index (χ0v) is 11.4. The fourth-order valence-electron chi connectivity index (χ4n) is 2.79. The lowest BCUT2D eigenvalue weighted by Crippen LogP contribution is -2.36. The molecule has 0 amide bonds. The first kappa shape index (κ1) is 12.7. The lowest BCUT2D eigenvalue weighted by molar-refractivity contribution is 0.215. The molecule has 0 aliphatic heterocycles. The van der Waals surface area contributed by atoms with Crippen LogP contribution in [0.5, 0.6) is 0 Å². The number of benzene rings is 1. The van der Waals surface area contributed by atoms with Crippen molar-refractivity contribution in [2.75, 3.05) is 6.54 Å². The van der Waals surface area contributed by atoms with E-state index in [1.54, 1.807) is 12.1 Å². The van der Waals surface area contributed by atoms with E-state index in [1.165, 1.54) is 18.9 Å². The smallest absolute Gasteiger partial charge is 0.134 e. The monoisotopic (exact) mass is 261 g/mol. The summed E-state index contributed by atoms with van der Waals surface area (Å²) >= 11 is 0. The maximum absolute atomic E-state index is 13.2. The summed E-state index contributed by atoms with van der Waals surface area (Å²) in [5.74, 6) is 1.95. The average Bonchev–Trinajstić information content (AvgIpc) is 2.69. The molecule has 0 radical (unpaired) electrons. The number of hydrogen-bond donors (Lipinski definition) is 1. The molecule has 1 aromatic heterocycles. The highest BCUT2D eigenvalue weighted by Gasteiger charge is 2.34. The SMILES string of the molecule is CC(C)NCC1CCC1c1cc2cc(F)ccc2o1. The molecule has 1 aromatic carbocycles. The molecule has 2 atom stereocenters. The first-order chi connectivity index (χ1) is 9.13. The molecule has 2 aromatic rings. The van der Waals surface area contributed by atoms with Crippen LogP contribution < -0.4 is 5.32 Å². The molecule has 1 heterocycles. The van der Waals surface area contributed by atoms with E-state index in [2.05, 4.69) is 19.2 Å². The van der Waals surface area contributed by atoms with E-state index in [9.17, 15) is 4.39 Å². The van der Waals surface area contributed by atoms with Gasteiger partial charge in [0, 0.05) is 17.3 Å². The standard InChI is InChI=1S/C16H20FNO/c1-10(2)18-9-11-3-5-14(11)16-8-12-7-13(17)4-6-15(12)19-16/h4,6-8,10-11,14,18H,3,5,9H2,1-2H3. The first-order valence-electron chi connectivity index (χ1n) is 7.06. The van der Waals surface area contributed by atoms with Gasteiger partial charge in [-0.15, -0.1) is 0 Å². The van der Waals surface area contributed by atoms with Crippen molar-refractivity contribution in [2.45, 2.75) is 38.6 Å². The first-order valence-corrected chi connectivity index (χ1v) is 7.06. The number of rotatable bonds is 4. The van der Waals surface area contributed by atoms with Crippen LogP contribution in [-0.2, 0) is 0 Å². The Balaban J connectivity index is 1.76. The molecule has 3 rings (SSSR count). The Morgan fingerprint density at radius 3 is 2.84 bits per heavy atom. The highest BCUT2D eigenvalue weighted by atomic mass is 19.1. The number of furan rings is 1. The van der Waals surface area contributed by atoms with Gasteiger partial charge < -0.3 is 9.73 Å². The van der Waals surface area contributed by atoms with E-state index < -0.39 is 0 Å². The van der Waals surface area contributed by atoms with Crippen LogP contribution in [0.4, 0.5) is 4.39 Å². The van der Waals surface area contributed by atoms with Gasteiger partial charge in [-0.25, -0.2) is 4.39 Å². The number of hydrogen-bond acceptors (Lipinski definition) is 2. The summed E-state index contributed by atoms with van der Waals surface area (Å²) in [5.41, 5.74) is 0.791. The third-order valence-corrected chi connectivity index (χ3v) is 4.07. The van der Waals surface area contributed by atoms with Crippen molar-refractivity contribution in [3.8, 4) is 0 Å². The van der Waals surface area contributed by atoms with Gasteiger partial charge in [0.25, 0.3) is 0 Å². The topological polar surface area (TPSA) is 25.2 Å². The van der Waals surface area contributed by atoms with E-state index in [4.69, 9.17) is 4.42 Å². The molecule has 0 bridgehead atoms. The average molecular weight is 261 g/mol. The van der Waals surface area contributed by atoms with Gasteiger partial charge in [0.05, 0.1) is 0 Å². The van der Waals surface area contributed by atoms with Gasteiger partial charge in [-0.2, -0.15) is 0 Å². The lowest BCUT2D eigenvalue weighted by atomic mass is 9.72. The van der Waals surface area contributed by atoms with Crippen molar-refractivity contribution in [3.63, 3.8) is 0 Å². The summed E-state index contributed by atoms with van der Waals surface area (Å²) in [7, 11) is 0. The third-order valence-electron chi connectivity index (χ3n) is 4.07. The van der Waals surface area contributed by atoms with Gasteiger partial charge in [0.1, 0.15) is 17.2 Å². The zero-order chi connectivity index (χ0) is 13.4. The Kier molecular flexibility index (Phi) is 3.31. The van der Waals surface area contributed by atoms with E-state index >= 15 is 0 Å². The van der Waals surface area contributed by atoms with Gasteiger partial charge >= 0.3 is 0 Å². The second-order valence-electron chi connectivity index (χ2n) is 5.84. The summed E-state index contributed by atoms with van der Waals surface area (Å²) in [6.07, 6.45) is 2.42. The van der Waals surface area contributed by atoms with Crippen LogP contribution in [0.15, 0.2) is 28.7 Å². The maximum Gasteiger partial charge on any atom is 0.134 e. The van der Waals surface area contributed by atoms with Crippen molar-refractivity contribution in [1.82, 2.24) is 5.32 Å². The quantitative estimate of drug-likeness (QED) is 0.897. The molecule has 1 aliphatic carbocycles. The molecular weight excluding hydrogens is 241 g/mol. The molecule has 3 heteroatoms. The van der Waals surface area contributed by atoms with Crippen molar-refractivity contribution in [3.05, 3.63) is 35.8 Å². The number of halogens is 1. The van der Waals surface area contributed by atoms with E-state index in [-0.39, 0.29) is 5.82 Å². The summed E-state index contributed by atoms with van der Waals surface area (Å²) in [6.45, 7) is 5.36. The fraction of sp³-hybridized carbons (Fsp3) is 0.500. The van der Waals surface area contributed by atoms with Crippen LogP contribution in [0.2, 0.25) is 0 Å². The van der Waals surface area contributed by atoms with Crippen molar-refractivity contribution in [2.24, 2.45) is 5.92 Å². The molecule has 0 saturated heterocycles. The summed E-state index contributed by atoms with van der Waals surface area (Å²) < 4.78 is 19.0.